The van der Waals surface area contributed by atoms with Crippen molar-refractivity contribution < 1.29 is 18.7 Å². The second-order valence-electron chi connectivity index (χ2n) is 8.58. The fourth-order valence-corrected chi connectivity index (χ4v) is 4.16. The molecule has 0 spiro atoms. The molecule has 0 aromatic heterocycles. The summed E-state index contributed by atoms with van der Waals surface area (Å²) in [5, 5.41) is 9.23. The Hall–Kier alpha value is -1.24. The highest BCUT2D eigenvalue weighted by Gasteiger charge is 2.40. The van der Waals surface area contributed by atoms with E-state index in [4.69, 9.17) is 9.53 Å². The lowest BCUT2D eigenvalue weighted by atomic mass is 9.89. The van der Waals surface area contributed by atoms with Crippen molar-refractivity contribution in [1.82, 2.24) is 4.90 Å². The number of hydrogen-bond acceptors (Lipinski definition) is 3. The van der Waals surface area contributed by atoms with E-state index in [0.29, 0.717) is 19.7 Å². The van der Waals surface area contributed by atoms with Gasteiger partial charge in [-0.1, -0.05) is 32.9 Å². The molecule has 0 radical (unpaired) electrons. The number of carbonyl (C=O) groups is 1. The molecular formula is C19H30FNO3Si. The number of carboxylic acids is 1. The Balaban J connectivity index is 2.15. The molecule has 1 aromatic rings. The Bertz CT molecular complexity index is 615. The second-order valence-corrected chi connectivity index (χ2v) is 13.4. The maximum absolute atomic E-state index is 13.7. The van der Waals surface area contributed by atoms with Crippen LogP contribution in [0.1, 0.15) is 32.3 Å². The van der Waals surface area contributed by atoms with Gasteiger partial charge >= 0.3 is 5.97 Å². The summed E-state index contributed by atoms with van der Waals surface area (Å²) in [5.74, 6) is -0.808. The van der Waals surface area contributed by atoms with Crippen molar-refractivity contribution in [3.63, 3.8) is 0 Å². The van der Waals surface area contributed by atoms with Crippen molar-refractivity contribution in [2.45, 2.75) is 44.8 Å². The van der Waals surface area contributed by atoms with Gasteiger partial charge in [-0.2, -0.15) is 0 Å². The zero-order valence-electron chi connectivity index (χ0n) is 15.9. The monoisotopic (exact) mass is 367 g/mol. The summed E-state index contributed by atoms with van der Waals surface area (Å²) in [4.78, 5) is 13.0. The Labute approximate surface area is 151 Å². The van der Waals surface area contributed by atoms with Crippen molar-refractivity contribution in [1.29, 1.82) is 0 Å². The van der Waals surface area contributed by atoms with E-state index < -0.39 is 14.3 Å². The highest BCUT2D eigenvalue weighted by Crippen LogP contribution is 2.39. The molecule has 1 N–H and O–H groups in total. The van der Waals surface area contributed by atoms with Crippen LogP contribution in [0.3, 0.4) is 0 Å². The smallest absolute Gasteiger partial charge is 0.317 e. The molecule has 1 aromatic carbocycles. The first-order valence-electron chi connectivity index (χ1n) is 8.83. The zero-order valence-corrected chi connectivity index (χ0v) is 16.9. The van der Waals surface area contributed by atoms with Gasteiger partial charge in [0.25, 0.3) is 0 Å². The van der Waals surface area contributed by atoms with Crippen LogP contribution < -0.4 is 0 Å². The highest BCUT2D eigenvalue weighted by atomic mass is 28.4. The van der Waals surface area contributed by atoms with Crippen LogP contribution in [-0.2, 0) is 9.22 Å². The third-order valence-corrected chi connectivity index (χ3v) is 10.1. The van der Waals surface area contributed by atoms with Crippen LogP contribution in [0.5, 0.6) is 0 Å². The van der Waals surface area contributed by atoms with E-state index in [9.17, 15) is 9.18 Å². The van der Waals surface area contributed by atoms with Crippen LogP contribution in [0.2, 0.25) is 18.1 Å². The predicted molar refractivity (Wildman–Crippen MR) is 99.9 cm³/mol. The first-order chi connectivity index (χ1) is 11.5. The van der Waals surface area contributed by atoms with Crippen LogP contribution >= 0.6 is 0 Å². The Morgan fingerprint density at radius 2 is 2.04 bits per heavy atom. The van der Waals surface area contributed by atoms with Crippen molar-refractivity contribution in [3.8, 4) is 0 Å². The van der Waals surface area contributed by atoms with Crippen molar-refractivity contribution in [2.24, 2.45) is 5.92 Å². The molecule has 0 aliphatic carbocycles. The van der Waals surface area contributed by atoms with Gasteiger partial charge in [-0.15, -0.1) is 0 Å². The van der Waals surface area contributed by atoms with Crippen molar-refractivity contribution >= 4 is 14.3 Å². The largest absolute Gasteiger partial charge is 0.480 e. The summed E-state index contributed by atoms with van der Waals surface area (Å²) in [5.41, 5.74) is 0.928. The van der Waals surface area contributed by atoms with Crippen LogP contribution in [0.15, 0.2) is 24.3 Å². The van der Waals surface area contributed by atoms with Gasteiger partial charge in [0.2, 0.25) is 0 Å². The topological polar surface area (TPSA) is 49.8 Å². The van der Waals surface area contributed by atoms with Gasteiger partial charge in [-0.05, 0) is 35.8 Å². The predicted octanol–water partition coefficient (Wildman–Crippen LogP) is 3.95. The van der Waals surface area contributed by atoms with Gasteiger partial charge in [-0.25, -0.2) is 4.39 Å². The van der Waals surface area contributed by atoms with E-state index in [1.807, 2.05) is 11.0 Å². The molecule has 140 valence electrons. The van der Waals surface area contributed by atoms with E-state index in [1.165, 1.54) is 6.07 Å². The first-order valence-corrected chi connectivity index (χ1v) is 11.7. The van der Waals surface area contributed by atoms with Gasteiger partial charge in [-0.3, -0.25) is 9.69 Å². The van der Waals surface area contributed by atoms with Crippen molar-refractivity contribution in [3.05, 3.63) is 35.6 Å². The number of aliphatic carboxylic acids is 1. The average molecular weight is 368 g/mol. The third kappa shape index (κ3) is 5.12. The van der Waals surface area contributed by atoms with E-state index in [1.54, 1.807) is 12.1 Å². The van der Waals surface area contributed by atoms with Crippen LogP contribution in [0.4, 0.5) is 4.39 Å². The molecule has 0 unspecified atom stereocenters. The maximum Gasteiger partial charge on any atom is 0.317 e. The zero-order chi connectivity index (χ0) is 18.8. The summed E-state index contributed by atoms with van der Waals surface area (Å²) in [6.07, 6.45) is 0. The first kappa shape index (κ1) is 20.1. The molecule has 0 bridgehead atoms. The molecular weight excluding hydrogens is 337 g/mol. The summed E-state index contributed by atoms with van der Waals surface area (Å²) in [7, 11) is -1.88. The Morgan fingerprint density at radius 3 is 2.60 bits per heavy atom. The third-order valence-electron chi connectivity index (χ3n) is 5.62. The minimum atomic E-state index is -1.88. The summed E-state index contributed by atoms with van der Waals surface area (Å²) < 4.78 is 20.0. The quantitative estimate of drug-likeness (QED) is 0.774. The minimum Gasteiger partial charge on any atom is -0.480 e. The number of benzene rings is 1. The average Bonchev–Trinajstić information content (AvgIpc) is 2.86. The SMILES string of the molecule is CC(C)(C)[Si](C)(C)OC[C@H]1CN(CC(=O)O)C[C@@H]1c1cccc(F)c1. The lowest BCUT2D eigenvalue weighted by molar-refractivity contribution is -0.138. The van der Waals surface area contributed by atoms with E-state index in [0.717, 1.165) is 5.56 Å². The molecule has 0 saturated carbocycles. The van der Waals surface area contributed by atoms with Gasteiger partial charge < -0.3 is 9.53 Å². The normalized spacial score (nSPS) is 22.3. The highest BCUT2D eigenvalue weighted by molar-refractivity contribution is 6.74. The molecule has 6 heteroatoms. The lowest BCUT2D eigenvalue weighted by Crippen LogP contribution is -2.42. The molecule has 25 heavy (non-hydrogen) atoms. The molecule has 0 amide bonds. The maximum atomic E-state index is 13.7. The minimum absolute atomic E-state index is 0.0163. The summed E-state index contributed by atoms with van der Waals surface area (Å²) in [6, 6.07) is 6.65. The molecule has 2 rings (SSSR count). The summed E-state index contributed by atoms with van der Waals surface area (Å²) >= 11 is 0. The molecule has 4 nitrogen and oxygen atoms in total. The molecule has 1 fully saturated rings. The molecule has 1 heterocycles. The fraction of sp³-hybridized carbons (Fsp3) is 0.632. The number of hydrogen-bond donors (Lipinski definition) is 1. The summed E-state index contributed by atoms with van der Waals surface area (Å²) in [6.45, 7) is 12.9. The van der Waals surface area contributed by atoms with Gasteiger partial charge in [0.1, 0.15) is 5.82 Å². The molecule has 2 atom stereocenters. The number of rotatable bonds is 6. The number of carboxylic acid groups (broad SMARTS) is 1. The number of likely N-dealkylation sites (tertiary alicyclic amines) is 1. The Kier molecular flexibility index (Phi) is 6.07. The molecule has 1 saturated heterocycles. The fourth-order valence-electron chi connectivity index (χ4n) is 3.10. The van der Waals surface area contributed by atoms with E-state index in [-0.39, 0.29) is 29.2 Å². The van der Waals surface area contributed by atoms with E-state index >= 15 is 0 Å². The van der Waals surface area contributed by atoms with Crippen LogP contribution in [-0.4, -0.2) is 50.5 Å². The molecule has 1 aliphatic rings. The van der Waals surface area contributed by atoms with E-state index in [2.05, 4.69) is 33.9 Å². The van der Waals surface area contributed by atoms with Crippen molar-refractivity contribution in [2.75, 3.05) is 26.2 Å². The van der Waals surface area contributed by atoms with Gasteiger partial charge in [0, 0.05) is 31.5 Å². The number of nitrogens with zero attached hydrogens (tertiary/aromatic N) is 1. The van der Waals surface area contributed by atoms with Crippen LogP contribution in [0, 0.1) is 11.7 Å². The molecule has 1 aliphatic heterocycles. The van der Waals surface area contributed by atoms with Gasteiger partial charge in [0.15, 0.2) is 8.32 Å². The second kappa shape index (κ2) is 7.56. The van der Waals surface area contributed by atoms with Gasteiger partial charge in [0.05, 0.1) is 6.54 Å². The Morgan fingerprint density at radius 1 is 1.36 bits per heavy atom. The lowest BCUT2D eigenvalue weighted by Gasteiger charge is -2.37. The number of halogens is 1. The van der Waals surface area contributed by atoms with Crippen LogP contribution in [0.25, 0.3) is 0 Å². The standard InChI is InChI=1S/C19H30FNO3Si/c1-19(2,3)25(4,5)24-13-15-10-21(12-18(22)23)11-17(15)14-7-6-8-16(20)9-14/h6-9,15,17H,10-13H2,1-5H3,(H,22,23)/t15-,17-/m1/s1.